The molecule has 5 rings (SSSR count). The Morgan fingerprint density at radius 1 is 0.909 bits per heavy atom. The maximum Gasteiger partial charge on any atom is 0.253 e. The molecule has 2 aromatic heterocycles. The smallest absolute Gasteiger partial charge is 0.253 e. The molecule has 1 fully saturated rings. The Labute approximate surface area is 193 Å². The topological polar surface area (TPSA) is 53.7 Å². The number of amides is 1. The van der Waals surface area contributed by atoms with Crippen molar-refractivity contribution in [2.24, 2.45) is 0 Å². The van der Waals surface area contributed by atoms with Gasteiger partial charge in [-0.05, 0) is 55.8 Å². The highest BCUT2D eigenvalue weighted by Crippen LogP contribution is 2.20. The molecule has 0 aliphatic carbocycles. The lowest BCUT2D eigenvalue weighted by Gasteiger charge is -2.32. The van der Waals surface area contributed by atoms with Crippen molar-refractivity contribution >= 4 is 11.6 Å². The van der Waals surface area contributed by atoms with Crippen molar-refractivity contribution in [3.8, 4) is 23.1 Å². The molecule has 6 heteroatoms. The van der Waals surface area contributed by atoms with E-state index in [1.54, 1.807) is 10.7 Å². The number of hydrogen-bond donors (Lipinski definition) is 0. The van der Waals surface area contributed by atoms with Gasteiger partial charge in [-0.15, -0.1) is 0 Å². The summed E-state index contributed by atoms with van der Waals surface area (Å²) in [7, 11) is 2.08. The second-order valence-corrected chi connectivity index (χ2v) is 8.37. The number of fused-ring (bicyclic) bond motifs is 1. The summed E-state index contributed by atoms with van der Waals surface area (Å²) in [6.45, 7) is 5.40. The molecule has 1 amide bonds. The molecule has 0 bridgehead atoms. The van der Waals surface area contributed by atoms with Gasteiger partial charge in [0.15, 0.2) is 5.65 Å². The first-order valence-corrected chi connectivity index (χ1v) is 11.1. The zero-order chi connectivity index (χ0) is 22.8. The van der Waals surface area contributed by atoms with Gasteiger partial charge in [0, 0.05) is 42.9 Å². The third-order valence-electron chi connectivity index (χ3n) is 6.05. The second kappa shape index (κ2) is 8.89. The first kappa shape index (κ1) is 20.9. The molecule has 2 aromatic carbocycles. The molecule has 33 heavy (non-hydrogen) atoms. The van der Waals surface area contributed by atoms with Gasteiger partial charge in [0.05, 0.1) is 11.9 Å². The third kappa shape index (κ3) is 4.36. The summed E-state index contributed by atoms with van der Waals surface area (Å²) in [5.41, 5.74) is 6.06. The number of nitrogens with zero attached hydrogens (tertiary/aromatic N) is 5. The van der Waals surface area contributed by atoms with Crippen LogP contribution in [0.25, 0.3) is 16.9 Å². The van der Waals surface area contributed by atoms with Crippen LogP contribution in [0.15, 0.2) is 66.9 Å². The van der Waals surface area contributed by atoms with E-state index in [0.717, 1.165) is 59.9 Å². The van der Waals surface area contributed by atoms with Crippen LogP contribution < -0.4 is 0 Å². The van der Waals surface area contributed by atoms with Crippen LogP contribution in [0.5, 0.6) is 0 Å². The predicted octanol–water partition coefficient (Wildman–Crippen LogP) is 3.49. The van der Waals surface area contributed by atoms with Crippen molar-refractivity contribution in [2.45, 2.75) is 6.92 Å². The summed E-state index contributed by atoms with van der Waals surface area (Å²) < 4.78 is 1.77. The van der Waals surface area contributed by atoms with Crippen molar-refractivity contribution < 1.29 is 4.79 Å². The average molecular weight is 436 g/mol. The first-order valence-electron chi connectivity index (χ1n) is 11.1. The van der Waals surface area contributed by atoms with E-state index in [-0.39, 0.29) is 5.91 Å². The largest absolute Gasteiger partial charge is 0.336 e. The van der Waals surface area contributed by atoms with E-state index in [0.29, 0.717) is 5.56 Å². The number of carbonyl (C=O) groups is 1. The molecular formula is C27H25N5O. The fourth-order valence-electron chi connectivity index (χ4n) is 3.93. The van der Waals surface area contributed by atoms with Gasteiger partial charge in [0.1, 0.15) is 5.69 Å². The molecule has 1 aliphatic rings. The van der Waals surface area contributed by atoms with Crippen molar-refractivity contribution in [3.63, 3.8) is 0 Å². The highest BCUT2D eigenvalue weighted by molar-refractivity contribution is 5.94. The number of rotatable bonds is 2. The Balaban J connectivity index is 1.40. The monoisotopic (exact) mass is 435 g/mol. The minimum Gasteiger partial charge on any atom is -0.336 e. The van der Waals surface area contributed by atoms with E-state index in [1.165, 1.54) is 0 Å². The summed E-state index contributed by atoms with van der Waals surface area (Å²) in [6.07, 6.45) is 1.75. The molecule has 0 radical (unpaired) electrons. The zero-order valence-electron chi connectivity index (χ0n) is 18.8. The van der Waals surface area contributed by atoms with E-state index >= 15 is 0 Å². The SMILES string of the molecule is Cc1ccccc1C#Cc1cnc2ccc(-c3ccc(C(=O)N4CCN(C)CC4)cc3)nn12. The normalized spacial score (nSPS) is 14.2. The van der Waals surface area contributed by atoms with E-state index < -0.39 is 0 Å². The molecule has 3 heterocycles. The quantitative estimate of drug-likeness (QED) is 0.453. The van der Waals surface area contributed by atoms with Gasteiger partial charge < -0.3 is 9.80 Å². The van der Waals surface area contributed by atoms with Crippen LogP contribution in [0.1, 0.15) is 27.2 Å². The van der Waals surface area contributed by atoms with Crippen LogP contribution in [0.2, 0.25) is 0 Å². The van der Waals surface area contributed by atoms with Gasteiger partial charge in [-0.1, -0.05) is 36.3 Å². The molecule has 1 saturated heterocycles. The van der Waals surface area contributed by atoms with Gasteiger partial charge in [0.25, 0.3) is 5.91 Å². The lowest BCUT2D eigenvalue weighted by atomic mass is 10.1. The molecule has 0 N–H and O–H groups in total. The van der Waals surface area contributed by atoms with Gasteiger partial charge in [-0.25, -0.2) is 9.50 Å². The summed E-state index contributed by atoms with van der Waals surface area (Å²) in [6, 6.07) is 19.6. The lowest BCUT2D eigenvalue weighted by Crippen LogP contribution is -2.47. The molecular weight excluding hydrogens is 410 g/mol. The molecule has 0 unspecified atom stereocenters. The van der Waals surface area contributed by atoms with E-state index in [1.807, 2.05) is 72.5 Å². The number of piperazine rings is 1. The van der Waals surface area contributed by atoms with Crippen LogP contribution in [0.4, 0.5) is 0 Å². The second-order valence-electron chi connectivity index (χ2n) is 8.37. The summed E-state index contributed by atoms with van der Waals surface area (Å²) >= 11 is 0. The van der Waals surface area contributed by atoms with Crippen LogP contribution in [0.3, 0.4) is 0 Å². The summed E-state index contributed by atoms with van der Waals surface area (Å²) in [5.74, 6) is 6.51. The van der Waals surface area contributed by atoms with Gasteiger partial charge >= 0.3 is 0 Å². The highest BCUT2D eigenvalue weighted by atomic mass is 16.2. The van der Waals surface area contributed by atoms with Gasteiger partial charge in [0.2, 0.25) is 0 Å². The molecule has 6 nitrogen and oxygen atoms in total. The van der Waals surface area contributed by atoms with Gasteiger partial charge in [-0.3, -0.25) is 4.79 Å². The van der Waals surface area contributed by atoms with Crippen molar-refractivity contribution in [1.29, 1.82) is 0 Å². The number of benzene rings is 2. The molecule has 0 atom stereocenters. The molecule has 0 spiro atoms. The summed E-state index contributed by atoms with van der Waals surface area (Å²) in [5, 5.41) is 4.76. The molecule has 0 saturated carbocycles. The molecule has 4 aromatic rings. The number of aryl methyl sites for hydroxylation is 1. The number of carbonyl (C=O) groups excluding carboxylic acids is 1. The van der Waals surface area contributed by atoms with Crippen LogP contribution in [-0.2, 0) is 0 Å². The first-order chi connectivity index (χ1) is 16.1. The lowest BCUT2D eigenvalue weighted by molar-refractivity contribution is 0.0664. The number of hydrogen-bond acceptors (Lipinski definition) is 4. The van der Waals surface area contributed by atoms with Crippen molar-refractivity contribution in [1.82, 2.24) is 24.4 Å². The number of aromatic nitrogens is 3. The minimum atomic E-state index is 0.0847. The van der Waals surface area contributed by atoms with Crippen molar-refractivity contribution in [3.05, 3.63) is 89.2 Å². The zero-order valence-corrected chi connectivity index (χ0v) is 18.8. The molecule has 164 valence electrons. The standard InChI is InChI=1S/C27H25N5O/c1-20-5-3-4-6-21(20)11-12-24-19-28-26-14-13-25(29-32(24)26)22-7-9-23(10-8-22)27(33)31-17-15-30(2)16-18-31/h3-10,13-14,19H,15-18H2,1-2H3. The van der Waals surface area contributed by atoms with E-state index in [2.05, 4.69) is 28.8 Å². The van der Waals surface area contributed by atoms with Crippen LogP contribution in [-0.4, -0.2) is 63.5 Å². The predicted molar refractivity (Wildman–Crippen MR) is 129 cm³/mol. The Bertz CT molecular complexity index is 1370. The van der Waals surface area contributed by atoms with Crippen LogP contribution in [0, 0.1) is 18.8 Å². The van der Waals surface area contributed by atoms with Crippen LogP contribution >= 0.6 is 0 Å². The molecule has 1 aliphatic heterocycles. The van der Waals surface area contributed by atoms with E-state index in [4.69, 9.17) is 5.10 Å². The highest BCUT2D eigenvalue weighted by Gasteiger charge is 2.20. The van der Waals surface area contributed by atoms with Gasteiger partial charge in [-0.2, -0.15) is 5.10 Å². The Morgan fingerprint density at radius 2 is 1.67 bits per heavy atom. The number of imidazole rings is 1. The number of likely N-dealkylation sites (N-methyl/N-ethyl adjacent to an activating group) is 1. The maximum absolute atomic E-state index is 12.8. The third-order valence-corrected chi connectivity index (χ3v) is 6.05. The average Bonchev–Trinajstić information content (AvgIpc) is 3.26. The Hall–Kier alpha value is -3.95. The maximum atomic E-state index is 12.8. The fourth-order valence-corrected chi connectivity index (χ4v) is 3.93. The van der Waals surface area contributed by atoms with E-state index in [9.17, 15) is 4.79 Å². The van der Waals surface area contributed by atoms with Crippen molar-refractivity contribution in [2.75, 3.05) is 33.2 Å². The Morgan fingerprint density at radius 3 is 2.42 bits per heavy atom. The summed E-state index contributed by atoms with van der Waals surface area (Å²) in [4.78, 5) is 21.4. The fraction of sp³-hybridized carbons (Fsp3) is 0.222. The Kier molecular flexibility index (Phi) is 5.64. The minimum absolute atomic E-state index is 0.0847.